The third kappa shape index (κ3) is 5.96. The zero-order chi connectivity index (χ0) is 17.4. The molecule has 0 fully saturated rings. The number of benzene rings is 2. The van der Waals surface area contributed by atoms with Crippen LogP contribution in [0.1, 0.15) is 37.3 Å². The van der Waals surface area contributed by atoms with E-state index in [2.05, 4.69) is 34.2 Å². The Morgan fingerprint density at radius 1 is 1.08 bits per heavy atom. The number of nitrogens with one attached hydrogen (secondary N) is 1. The van der Waals surface area contributed by atoms with Crippen molar-refractivity contribution in [2.24, 2.45) is 0 Å². The summed E-state index contributed by atoms with van der Waals surface area (Å²) in [7, 11) is 0. The van der Waals surface area contributed by atoms with E-state index >= 15 is 0 Å². The molecule has 2 aromatic rings. The molecule has 0 unspecified atom stereocenters. The summed E-state index contributed by atoms with van der Waals surface area (Å²) in [5, 5.41) is 4.72. The molecule has 24 heavy (non-hydrogen) atoms. The fourth-order valence-electron chi connectivity index (χ4n) is 2.37. The van der Waals surface area contributed by atoms with Gasteiger partial charge < -0.3 is 10.1 Å². The largest absolute Gasteiger partial charge is 0.488 e. The zero-order valence-corrected chi connectivity index (χ0v) is 16.8. The molecule has 0 aromatic heterocycles. The van der Waals surface area contributed by atoms with E-state index in [1.54, 1.807) is 0 Å². The standard InChI is InChI=1S/C19H22BrCl2NO/c1-2-3-4-10-23-12-14-11-15(20)8-9-19(14)24-13-16-17(21)6-5-7-18(16)22/h5-9,11,23H,2-4,10,12-13H2,1H3. The molecule has 0 aliphatic rings. The monoisotopic (exact) mass is 429 g/mol. The topological polar surface area (TPSA) is 21.3 Å². The predicted molar refractivity (Wildman–Crippen MR) is 106 cm³/mol. The fourth-order valence-corrected chi connectivity index (χ4v) is 3.29. The van der Waals surface area contributed by atoms with Gasteiger partial charge in [0.15, 0.2) is 0 Å². The van der Waals surface area contributed by atoms with Crippen LogP contribution in [-0.2, 0) is 13.2 Å². The molecule has 0 heterocycles. The van der Waals surface area contributed by atoms with Crippen LogP contribution < -0.4 is 10.1 Å². The second-order valence-electron chi connectivity index (χ2n) is 5.62. The molecule has 0 spiro atoms. The minimum absolute atomic E-state index is 0.350. The van der Waals surface area contributed by atoms with E-state index in [1.807, 2.05) is 30.3 Å². The van der Waals surface area contributed by atoms with Crippen molar-refractivity contribution in [3.8, 4) is 5.75 Å². The summed E-state index contributed by atoms with van der Waals surface area (Å²) in [6.07, 6.45) is 3.67. The third-order valence-electron chi connectivity index (χ3n) is 3.73. The van der Waals surface area contributed by atoms with E-state index in [0.29, 0.717) is 16.7 Å². The third-order valence-corrected chi connectivity index (χ3v) is 4.93. The molecular formula is C19H22BrCl2NO. The van der Waals surface area contributed by atoms with Crippen LogP contribution in [0.2, 0.25) is 10.0 Å². The lowest BCUT2D eigenvalue weighted by Gasteiger charge is -2.14. The number of halogens is 3. The van der Waals surface area contributed by atoms with Gasteiger partial charge in [-0.1, -0.05) is 65.0 Å². The van der Waals surface area contributed by atoms with Gasteiger partial charge in [0, 0.05) is 32.2 Å². The summed E-state index contributed by atoms with van der Waals surface area (Å²) in [5.41, 5.74) is 1.93. The van der Waals surface area contributed by atoms with Crippen molar-refractivity contribution in [3.63, 3.8) is 0 Å². The Balaban J connectivity index is 2.01. The Bertz CT molecular complexity index is 644. The first-order valence-electron chi connectivity index (χ1n) is 8.16. The van der Waals surface area contributed by atoms with Crippen LogP contribution in [0.15, 0.2) is 40.9 Å². The van der Waals surface area contributed by atoms with Gasteiger partial charge in [0.1, 0.15) is 12.4 Å². The summed E-state index contributed by atoms with van der Waals surface area (Å²) in [6, 6.07) is 11.5. The van der Waals surface area contributed by atoms with Crippen LogP contribution in [-0.4, -0.2) is 6.54 Å². The Kier molecular flexibility index (Phi) is 8.40. The SMILES string of the molecule is CCCCCNCc1cc(Br)ccc1OCc1c(Cl)cccc1Cl. The van der Waals surface area contributed by atoms with Crippen LogP contribution in [0, 0.1) is 0 Å². The Hall–Kier alpha value is -0.740. The highest BCUT2D eigenvalue weighted by molar-refractivity contribution is 9.10. The van der Waals surface area contributed by atoms with Gasteiger partial charge in [-0.05, 0) is 43.3 Å². The van der Waals surface area contributed by atoms with Crippen molar-refractivity contribution in [2.75, 3.05) is 6.54 Å². The van der Waals surface area contributed by atoms with Crippen molar-refractivity contribution in [3.05, 3.63) is 62.0 Å². The number of ether oxygens (including phenoxy) is 1. The fraction of sp³-hybridized carbons (Fsp3) is 0.368. The Labute approximate surface area is 162 Å². The highest BCUT2D eigenvalue weighted by Crippen LogP contribution is 2.28. The van der Waals surface area contributed by atoms with Crippen molar-refractivity contribution in [1.29, 1.82) is 0 Å². The molecule has 0 bridgehead atoms. The molecule has 5 heteroatoms. The second-order valence-corrected chi connectivity index (χ2v) is 7.35. The minimum Gasteiger partial charge on any atom is -0.488 e. The summed E-state index contributed by atoms with van der Waals surface area (Å²) in [5.74, 6) is 0.845. The van der Waals surface area contributed by atoms with Crippen LogP contribution >= 0.6 is 39.1 Å². The summed E-state index contributed by atoms with van der Waals surface area (Å²) < 4.78 is 7.03. The molecular weight excluding hydrogens is 409 g/mol. The average molecular weight is 431 g/mol. The summed E-state index contributed by atoms with van der Waals surface area (Å²) in [6.45, 7) is 4.34. The van der Waals surface area contributed by atoms with E-state index in [1.165, 1.54) is 19.3 Å². The molecule has 0 aliphatic heterocycles. The van der Waals surface area contributed by atoms with E-state index in [9.17, 15) is 0 Å². The first-order chi connectivity index (χ1) is 11.6. The van der Waals surface area contributed by atoms with Gasteiger partial charge in [0.05, 0.1) is 0 Å². The van der Waals surface area contributed by atoms with Crippen LogP contribution in [0.5, 0.6) is 5.75 Å². The molecule has 2 rings (SSSR count). The molecule has 0 atom stereocenters. The molecule has 0 saturated carbocycles. The van der Waals surface area contributed by atoms with Crippen molar-refractivity contribution < 1.29 is 4.74 Å². The molecule has 130 valence electrons. The highest BCUT2D eigenvalue weighted by Gasteiger charge is 2.09. The molecule has 0 amide bonds. The lowest BCUT2D eigenvalue weighted by Crippen LogP contribution is -2.15. The van der Waals surface area contributed by atoms with Gasteiger partial charge in [0.2, 0.25) is 0 Å². The number of rotatable bonds is 9. The number of unbranched alkanes of at least 4 members (excludes halogenated alkanes) is 2. The van der Waals surface area contributed by atoms with Crippen LogP contribution in [0.3, 0.4) is 0 Å². The molecule has 2 aromatic carbocycles. The van der Waals surface area contributed by atoms with E-state index < -0.39 is 0 Å². The van der Waals surface area contributed by atoms with Gasteiger partial charge in [0.25, 0.3) is 0 Å². The molecule has 1 N–H and O–H groups in total. The van der Waals surface area contributed by atoms with Crippen LogP contribution in [0.25, 0.3) is 0 Å². The highest BCUT2D eigenvalue weighted by atomic mass is 79.9. The molecule has 2 nitrogen and oxygen atoms in total. The lowest BCUT2D eigenvalue weighted by molar-refractivity contribution is 0.302. The maximum absolute atomic E-state index is 6.21. The van der Waals surface area contributed by atoms with Gasteiger partial charge in [-0.2, -0.15) is 0 Å². The molecule has 0 radical (unpaired) electrons. The maximum Gasteiger partial charge on any atom is 0.124 e. The quantitative estimate of drug-likeness (QED) is 0.451. The summed E-state index contributed by atoms with van der Waals surface area (Å²) in [4.78, 5) is 0. The number of hydrogen-bond donors (Lipinski definition) is 1. The number of hydrogen-bond acceptors (Lipinski definition) is 2. The first-order valence-corrected chi connectivity index (χ1v) is 9.71. The van der Waals surface area contributed by atoms with E-state index in [0.717, 1.165) is 34.4 Å². The van der Waals surface area contributed by atoms with Gasteiger partial charge in [-0.25, -0.2) is 0 Å². The van der Waals surface area contributed by atoms with Gasteiger partial charge in [-0.3, -0.25) is 0 Å². The normalized spacial score (nSPS) is 10.8. The Morgan fingerprint density at radius 3 is 2.54 bits per heavy atom. The first kappa shape index (κ1) is 19.6. The van der Waals surface area contributed by atoms with Crippen LogP contribution in [0.4, 0.5) is 0 Å². The zero-order valence-electron chi connectivity index (χ0n) is 13.7. The lowest BCUT2D eigenvalue weighted by atomic mass is 10.2. The predicted octanol–water partition coefficient (Wildman–Crippen LogP) is 6.61. The maximum atomic E-state index is 6.21. The minimum atomic E-state index is 0.350. The van der Waals surface area contributed by atoms with Crippen molar-refractivity contribution >= 4 is 39.1 Å². The van der Waals surface area contributed by atoms with Gasteiger partial charge >= 0.3 is 0 Å². The Morgan fingerprint density at radius 2 is 1.83 bits per heavy atom. The second kappa shape index (κ2) is 10.3. The van der Waals surface area contributed by atoms with E-state index in [4.69, 9.17) is 27.9 Å². The molecule has 0 saturated heterocycles. The molecule has 0 aliphatic carbocycles. The van der Waals surface area contributed by atoms with Gasteiger partial charge in [-0.15, -0.1) is 0 Å². The smallest absolute Gasteiger partial charge is 0.124 e. The summed E-state index contributed by atoms with van der Waals surface area (Å²) >= 11 is 15.9. The van der Waals surface area contributed by atoms with Crippen molar-refractivity contribution in [2.45, 2.75) is 39.3 Å². The average Bonchev–Trinajstić information content (AvgIpc) is 2.56. The van der Waals surface area contributed by atoms with Crippen molar-refractivity contribution in [1.82, 2.24) is 5.32 Å². The van der Waals surface area contributed by atoms with E-state index in [-0.39, 0.29) is 0 Å².